The highest BCUT2D eigenvalue weighted by Gasteiger charge is 2.14. The van der Waals surface area contributed by atoms with Gasteiger partial charge in [0.05, 0.1) is 0 Å². The van der Waals surface area contributed by atoms with E-state index >= 15 is 0 Å². The maximum absolute atomic E-state index is 11.7. The Kier molecular flexibility index (Phi) is 6.73. The normalized spacial score (nSPS) is 11.3. The topological polar surface area (TPSA) is 41.1 Å². The van der Waals surface area contributed by atoms with E-state index in [0.717, 1.165) is 24.1 Å². The van der Waals surface area contributed by atoms with Gasteiger partial charge < -0.3 is 10.6 Å². The summed E-state index contributed by atoms with van der Waals surface area (Å²) < 4.78 is 0. The summed E-state index contributed by atoms with van der Waals surface area (Å²) in [6, 6.07) is 6.33. The van der Waals surface area contributed by atoms with Gasteiger partial charge in [-0.05, 0) is 55.4 Å². The van der Waals surface area contributed by atoms with E-state index in [1.165, 1.54) is 0 Å². The Morgan fingerprint density at radius 2 is 1.67 bits per heavy atom. The highest BCUT2D eigenvalue weighted by atomic mass is 16.1. The average molecular weight is 290 g/mol. The molecule has 2 N–H and O–H groups in total. The average Bonchev–Trinajstić information content (AvgIpc) is 2.38. The molecule has 0 atom stereocenters. The van der Waals surface area contributed by atoms with E-state index in [9.17, 15) is 4.79 Å². The second-order valence-corrected chi connectivity index (χ2v) is 6.71. The monoisotopic (exact) mass is 290 g/mol. The van der Waals surface area contributed by atoms with E-state index in [1.54, 1.807) is 7.05 Å². The lowest BCUT2D eigenvalue weighted by Crippen LogP contribution is -2.24. The molecular formula is C18H30N2O. The molecule has 0 unspecified atom stereocenters. The minimum atomic E-state index is -0.0365. The number of amides is 1. The van der Waals surface area contributed by atoms with Crippen molar-refractivity contribution in [3.8, 4) is 0 Å². The first kappa shape index (κ1) is 17.5. The Morgan fingerprint density at radius 1 is 1.10 bits per heavy atom. The van der Waals surface area contributed by atoms with Crippen molar-refractivity contribution in [1.29, 1.82) is 0 Å². The van der Waals surface area contributed by atoms with E-state index in [4.69, 9.17) is 0 Å². The first-order valence-corrected chi connectivity index (χ1v) is 7.92. The number of hydrogen-bond acceptors (Lipinski definition) is 2. The van der Waals surface area contributed by atoms with E-state index in [1.807, 2.05) is 18.2 Å². The van der Waals surface area contributed by atoms with Crippen molar-refractivity contribution >= 4 is 11.6 Å². The fourth-order valence-electron chi connectivity index (χ4n) is 2.68. The molecule has 21 heavy (non-hydrogen) atoms. The van der Waals surface area contributed by atoms with E-state index < -0.39 is 0 Å². The molecule has 3 nitrogen and oxygen atoms in total. The Hall–Kier alpha value is -1.51. The molecule has 0 aliphatic carbocycles. The number of aryl methyl sites for hydroxylation is 1. The molecule has 3 heteroatoms. The van der Waals surface area contributed by atoms with Crippen molar-refractivity contribution in [2.75, 3.05) is 12.4 Å². The molecular weight excluding hydrogens is 260 g/mol. The zero-order valence-electron chi connectivity index (χ0n) is 14.3. The number of hydrogen-bond donors (Lipinski definition) is 2. The fourth-order valence-corrected chi connectivity index (χ4v) is 2.68. The van der Waals surface area contributed by atoms with Gasteiger partial charge in [-0.3, -0.25) is 4.79 Å². The van der Waals surface area contributed by atoms with Gasteiger partial charge in [-0.2, -0.15) is 0 Å². The van der Waals surface area contributed by atoms with Crippen LogP contribution < -0.4 is 10.6 Å². The second kappa shape index (κ2) is 8.06. The molecule has 0 aromatic heterocycles. The van der Waals surface area contributed by atoms with Crippen LogP contribution in [0.25, 0.3) is 0 Å². The molecule has 0 fully saturated rings. The Morgan fingerprint density at radius 3 is 2.10 bits per heavy atom. The maximum atomic E-state index is 11.7. The summed E-state index contributed by atoms with van der Waals surface area (Å²) in [6.45, 7) is 11.1. The van der Waals surface area contributed by atoms with Crippen molar-refractivity contribution < 1.29 is 4.79 Å². The van der Waals surface area contributed by atoms with Crippen LogP contribution in [0.3, 0.4) is 0 Å². The number of rotatable bonds is 7. The van der Waals surface area contributed by atoms with Crippen molar-refractivity contribution in [2.24, 2.45) is 11.8 Å². The van der Waals surface area contributed by atoms with Gasteiger partial charge in [0.2, 0.25) is 0 Å². The first-order valence-electron chi connectivity index (χ1n) is 7.92. The summed E-state index contributed by atoms with van der Waals surface area (Å²) in [6.07, 6.45) is 2.32. The van der Waals surface area contributed by atoms with Crippen LogP contribution in [0, 0.1) is 18.8 Å². The van der Waals surface area contributed by atoms with E-state index in [2.05, 4.69) is 45.3 Å². The highest BCUT2D eigenvalue weighted by molar-refractivity contribution is 5.94. The van der Waals surface area contributed by atoms with Crippen molar-refractivity contribution in [2.45, 2.75) is 53.5 Å². The molecule has 0 aliphatic rings. The third kappa shape index (κ3) is 5.78. The molecule has 1 aromatic rings. The largest absolute Gasteiger partial charge is 0.382 e. The summed E-state index contributed by atoms with van der Waals surface area (Å²) in [5.74, 6) is 1.31. The maximum Gasteiger partial charge on any atom is 0.251 e. The molecule has 0 saturated heterocycles. The quantitative estimate of drug-likeness (QED) is 0.789. The van der Waals surface area contributed by atoms with Gasteiger partial charge in [0.25, 0.3) is 5.91 Å². The summed E-state index contributed by atoms with van der Waals surface area (Å²) in [5.41, 5.74) is 2.97. The Balaban J connectivity index is 2.85. The molecule has 1 rings (SSSR count). The van der Waals surface area contributed by atoms with Crippen LogP contribution >= 0.6 is 0 Å². The number of carbonyl (C=O) groups is 1. The van der Waals surface area contributed by atoms with Gasteiger partial charge in [0.1, 0.15) is 0 Å². The van der Waals surface area contributed by atoms with Crippen LogP contribution in [0.1, 0.15) is 56.5 Å². The summed E-state index contributed by atoms with van der Waals surface area (Å²) in [7, 11) is 1.66. The van der Waals surface area contributed by atoms with Crippen molar-refractivity contribution in [1.82, 2.24) is 5.32 Å². The summed E-state index contributed by atoms with van der Waals surface area (Å²) in [5, 5.41) is 6.32. The van der Waals surface area contributed by atoms with Crippen LogP contribution in [-0.2, 0) is 0 Å². The van der Waals surface area contributed by atoms with Gasteiger partial charge in [0.15, 0.2) is 0 Å². The predicted octanol–water partition coefficient (Wildman–Crippen LogP) is 4.23. The Labute approximate surface area is 129 Å². The predicted molar refractivity (Wildman–Crippen MR) is 90.9 cm³/mol. The van der Waals surface area contributed by atoms with Gasteiger partial charge >= 0.3 is 0 Å². The Bertz CT molecular complexity index is 456. The number of anilines is 1. The van der Waals surface area contributed by atoms with Gasteiger partial charge in [-0.1, -0.05) is 27.7 Å². The molecule has 1 amide bonds. The van der Waals surface area contributed by atoms with Crippen LogP contribution in [-0.4, -0.2) is 19.0 Å². The van der Waals surface area contributed by atoms with E-state index in [-0.39, 0.29) is 5.91 Å². The van der Waals surface area contributed by atoms with Crippen molar-refractivity contribution in [3.63, 3.8) is 0 Å². The molecule has 0 saturated carbocycles. The van der Waals surface area contributed by atoms with Crippen molar-refractivity contribution in [3.05, 3.63) is 29.3 Å². The minimum Gasteiger partial charge on any atom is -0.382 e. The van der Waals surface area contributed by atoms with Gasteiger partial charge in [-0.15, -0.1) is 0 Å². The number of nitrogens with one attached hydrogen (secondary N) is 2. The van der Waals surface area contributed by atoms with Gasteiger partial charge in [0, 0.05) is 24.3 Å². The standard InChI is InChI=1S/C18H30N2O/c1-12(2)9-16(10-13(3)4)20-17-8-7-15(11-14(17)5)18(21)19-6/h7-8,11-13,16,20H,9-10H2,1-6H3,(H,19,21). The number of benzene rings is 1. The van der Waals surface area contributed by atoms with Crippen LogP contribution in [0.2, 0.25) is 0 Å². The van der Waals surface area contributed by atoms with Crippen LogP contribution in [0.15, 0.2) is 18.2 Å². The van der Waals surface area contributed by atoms with E-state index in [0.29, 0.717) is 23.4 Å². The lowest BCUT2D eigenvalue weighted by atomic mass is 9.95. The van der Waals surface area contributed by atoms with Gasteiger partial charge in [-0.25, -0.2) is 0 Å². The number of carbonyl (C=O) groups excluding carboxylic acids is 1. The zero-order chi connectivity index (χ0) is 16.0. The lowest BCUT2D eigenvalue weighted by Gasteiger charge is -2.24. The fraction of sp³-hybridized carbons (Fsp3) is 0.611. The molecule has 1 aromatic carbocycles. The highest BCUT2D eigenvalue weighted by Crippen LogP contribution is 2.22. The minimum absolute atomic E-state index is 0.0365. The molecule has 0 heterocycles. The van der Waals surface area contributed by atoms with Crippen LogP contribution in [0.5, 0.6) is 0 Å². The third-order valence-electron chi connectivity index (χ3n) is 3.59. The molecule has 118 valence electrons. The molecule has 0 aliphatic heterocycles. The summed E-state index contributed by atoms with van der Waals surface area (Å²) in [4.78, 5) is 11.7. The SMILES string of the molecule is CNC(=O)c1ccc(NC(CC(C)C)CC(C)C)c(C)c1. The molecule has 0 spiro atoms. The van der Waals surface area contributed by atoms with Crippen LogP contribution in [0.4, 0.5) is 5.69 Å². The smallest absolute Gasteiger partial charge is 0.251 e. The zero-order valence-corrected chi connectivity index (χ0v) is 14.3. The summed E-state index contributed by atoms with van der Waals surface area (Å²) >= 11 is 0. The molecule has 0 bridgehead atoms. The lowest BCUT2D eigenvalue weighted by molar-refractivity contribution is 0.0963. The third-order valence-corrected chi connectivity index (χ3v) is 3.59. The first-order chi connectivity index (χ1) is 9.83. The second-order valence-electron chi connectivity index (χ2n) is 6.71. The molecule has 0 radical (unpaired) electrons.